The molecular weight excluding hydrogens is 376 g/mol. The van der Waals surface area contributed by atoms with Crippen LogP contribution in [0.2, 0.25) is 5.02 Å². The van der Waals surface area contributed by atoms with E-state index in [1.165, 1.54) is 0 Å². The Kier molecular flexibility index (Phi) is 9.15. The first-order valence-corrected chi connectivity index (χ1v) is 9.66. The zero-order valence-electron chi connectivity index (χ0n) is 16.3. The van der Waals surface area contributed by atoms with Gasteiger partial charge in [0.15, 0.2) is 12.6 Å². The fourth-order valence-corrected chi connectivity index (χ4v) is 2.80. The van der Waals surface area contributed by atoms with Crippen LogP contribution in [0, 0.1) is 0 Å². The Bertz CT molecular complexity index is 795. The van der Waals surface area contributed by atoms with E-state index in [0.29, 0.717) is 24.8 Å². The van der Waals surface area contributed by atoms with E-state index in [1.807, 2.05) is 55.5 Å². The molecule has 6 nitrogen and oxygen atoms in total. The number of hydrogen-bond donors (Lipinski definition) is 3. The first-order chi connectivity index (χ1) is 13.6. The van der Waals surface area contributed by atoms with Crippen molar-refractivity contribution in [3.8, 4) is 5.75 Å². The van der Waals surface area contributed by atoms with Gasteiger partial charge in [-0.15, -0.1) is 0 Å². The van der Waals surface area contributed by atoms with Gasteiger partial charge in [-0.25, -0.2) is 0 Å². The highest BCUT2D eigenvalue weighted by Crippen LogP contribution is 2.15. The summed E-state index contributed by atoms with van der Waals surface area (Å²) in [6, 6.07) is 15.4. The molecule has 28 heavy (non-hydrogen) atoms. The standard InChI is InChI=1S/C21H27ClN4O2/c1-3-24-20(27)15-28-18-9-6-7-16(13-18)14-26-21(23-2)25-12-11-17-8-4-5-10-19(17)22/h4-10,13H,3,11-12,14-15H2,1-2H3,(H,24,27)(H2,23,25,26). The molecule has 0 fully saturated rings. The lowest BCUT2D eigenvalue weighted by Crippen LogP contribution is -2.37. The lowest BCUT2D eigenvalue weighted by atomic mass is 10.1. The second kappa shape index (κ2) is 11.9. The van der Waals surface area contributed by atoms with Crippen LogP contribution in [0.4, 0.5) is 0 Å². The Labute approximate surface area is 171 Å². The van der Waals surface area contributed by atoms with Gasteiger partial charge in [-0.1, -0.05) is 41.9 Å². The van der Waals surface area contributed by atoms with Crippen LogP contribution in [-0.2, 0) is 17.8 Å². The molecule has 0 aliphatic rings. The molecule has 0 unspecified atom stereocenters. The van der Waals surface area contributed by atoms with Gasteiger partial charge in [0.2, 0.25) is 0 Å². The van der Waals surface area contributed by atoms with Gasteiger partial charge in [0.25, 0.3) is 5.91 Å². The largest absolute Gasteiger partial charge is 0.484 e. The zero-order valence-corrected chi connectivity index (χ0v) is 17.1. The van der Waals surface area contributed by atoms with E-state index in [1.54, 1.807) is 7.05 Å². The topological polar surface area (TPSA) is 74.8 Å². The summed E-state index contributed by atoms with van der Waals surface area (Å²) >= 11 is 6.18. The number of ether oxygens (including phenoxy) is 1. The minimum absolute atomic E-state index is 0.00991. The molecule has 0 bridgehead atoms. The predicted molar refractivity (Wildman–Crippen MR) is 114 cm³/mol. The van der Waals surface area contributed by atoms with Crippen LogP contribution in [-0.4, -0.2) is 38.6 Å². The van der Waals surface area contributed by atoms with E-state index in [9.17, 15) is 4.79 Å². The van der Waals surface area contributed by atoms with Gasteiger partial charge in [0.1, 0.15) is 5.75 Å². The maximum absolute atomic E-state index is 11.5. The molecule has 0 radical (unpaired) electrons. The molecule has 0 spiro atoms. The van der Waals surface area contributed by atoms with Gasteiger partial charge in [0.05, 0.1) is 0 Å². The molecule has 7 heteroatoms. The number of hydrogen-bond acceptors (Lipinski definition) is 3. The van der Waals surface area contributed by atoms with Crippen molar-refractivity contribution in [3.05, 3.63) is 64.7 Å². The fourth-order valence-electron chi connectivity index (χ4n) is 2.57. The van der Waals surface area contributed by atoms with Gasteiger partial charge >= 0.3 is 0 Å². The number of benzene rings is 2. The molecule has 0 saturated carbocycles. The van der Waals surface area contributed by atoms with E-state index in [2.05, 4.69) is 20.9 Å². The summed E-state index contributed by atoms with van der Waals surface area (Å²) < 4.78 is 5.52. The highest BCUT2D eigenvalue weighted by atomic mass is 35.5. The molecular formula is C21H27ClN4O2. The number of nitrogens with zero attached hydrogens (tertiary/aromatic N) is 1. The highest BCUT2D eigenvalue weighted by Gasteiger charge is 2.04. The molecule has 0 atom stereocenters. The van der Waals surface area contributed by atoms with Crippen LogP contribution in [0.25, 0.3) is 0 Å². The Morgan fingerprint density at radius 2 is 1.93 bits per heavy atom. The van der Waals surface area contributed by atoms with Gasteiger partial charge in [0, 0.05) is 31.7 Å². The van der Waals surface area contributed by atoms with Crippen molar-refractivity contribution in [1.82, 2.24) is 16.0 Å². The maximum atomic E-state index is 11.5. The Morgan fingerprint density at radius 1 is 1.11 bits per heavy atom. The number of nitrogens with one attached hydrogen (secondary N) is 3. The van der Waals surface area contributed by atoms with Gasteiger partial charge in [-0.05, 0) is 42.7 Å². The number of aliphatic imine (C=N–C) groups is 1. The Balaban J connectivity index is 1.78. The van der Waals surface area contributed by atoms with E-state index in [-0.39, 0.29) is 12.5 Å². The molecule has 0 saturated heterocycles. The summed E-state index contributed by atoms with van der Waals surface area (Å²) in [7, 11) is 1.73. The monoisotopic (exact) mass is 402 g/mol. The van der Waals surface area contributed by atoms with Crippen molar-refractivity contribution in [3.63, 3.8) is 0 Å². The third-order valence-corrected chi connectivity index (χ3v) is 4.34. The van der Waals surface area contributed by atoms with E-state index >= 15 is 0 Å². The summed E-state index contributed by atoms with van der Waals surface area (Å²) in [5, 5.41) is 10.0. The Morgan fingerprint density at radius 3 is 2.68 bits per heavy atom. The lowest BCUT2D eigenvalue weighted by Gasteiger charge is -2.13. The van der Waals surface area contributed by atoms with Crippen LogP contribution in [0.1, 0.15) is 18.1 Å². The van der Waals surface area contributed by atoms with Crippen LogP contribution in [0.15, 0.2) is 53.5 Å². The summed E-state index contributed by atoms with van der Waals surface area (Å²) in [6.07, 6.45) is 0.809. The molecule has 0 aliphatic heterocycles. The summed E-state index contributed by atoms with van der Waals surface area (Å²) in [4.78, 5) is 15.7. The number of amides is 1. The minimum Gasteiger partial charge on any atom is -0.484 e. The van der Waals surface area contributed by atoms with Gasteiger partial charge < -0.3 is 20.7 Å². The molecule has 0 aliphatic carbocycles. The number of carbonyl (C=O) groups is 1. The Hall–Kier alpha value is -2.73. The molecule has 0 aromatic heterocycles. The first-order valence-electron chi connectivity index (χ1n) is 9.28. The van der Waals surface area contributed by atoms with Gasteiger partial charge in [-0.3, -0.25) is 9.79 Å². The molecule has 0 heterocycles. The number of rotatable bonds is 9. The number of guanidine groups is 1. The van der Waals surface area contributed by atoms with Crippen molar-refractivity contribution >= 4 is 23.5 Å². The molecule has 2 aromatic rings. The van der Waals surface area contributed by atoms with E-state index in [4.69, 9.17) is 16.3 Å². The summed E-state index contributed by atoms with van der Waals surface area (Å²) in [5.74, 6) is 1.24. The van der Waals surface area contributed by atoms with Gasteiger partial charge in [-0.2, -0.15) is 0 Å². The van der Waals surface area contributed by atoms with Crippen LogP contribution in [0.5, 0.6) is 5.75 Å². The summed E-state index contributed by atoms with van der Waals surface area (Å²) in [6.45, 7) is 3.79. The van der Waals surface area contributed by atoms with Crippen molar-refractivity contribution in [1.29, 1.82) is 0 Å². The highest BCUT2D eigenvalue weighted by molar-refractivity contribution is 6.31. The molecule has 150 valence electrons. The zero-order chi connectivity index (χ0) is 20.2. The maximum Gasteiger partial charge on any atom is 0.257 e. The number of likely N-dealkylation sites (N-methyl/N-ethyl adjacent to an activating group) is 1. The third-order valence-electron chi connectivity index (χ3n) is 3.97. The van der Waals surface area contributed by atoms with Crippen molar-refractivity contribution in [2.24, 2.45) is 4.99 Å². The summed E-state index contributed by atoms with van der Waals surface area (Å²) in [5.41, 5.74) is 2.13. The van der Waals surface area contributed by atoms with E-state index in [0.717, 1.165) is 29.1 Å². The normalized spacial score (nSPS) is 11.0. The second-order valence-corrected chi connectivity index (χ2v) is 6.49. The van der Waals surface area contributed by atoms with Crippen molar-refractivity contribution in [2.45, 2.75) is 19.9 Å². The van der Waals surface area contributed by atoms with Crippen molar-refractivity contribution < 1.29 is 9.53 Å². The molecule has 1 amide bonds. The lowest BCUT2D eigenvalue weighted by molar-refractivity contribution is -0.122. The SMILES string of the molecule is CCNC(=O)COc1cccc(CNC(=NC)NCCc2ccccc2Cl)c1. The first kappa shape index (κ1) is 21.6. The predicted octanol–water partition coefficient (Wildman–Crippen LogP) is 2.76. The second-order valence-electron chi connectivity index (χ2n) is 6.08. The fraction of sp³-hybridized carbons (Fsp3) is 0.333. The quantitative estimate of drug-likeness (QED) is 0.445. The van der Waals surface area contributed by atoms with Crippen LogP contribution < -0.4 is 20.7 Å². The number of carbonyl (C=O) groups excluding carboxylic acids is 1. The van der Waals surface area contributed by atoms with Crippen LogP contribution in [0.3, 0.4) is 0 Å². The smallest absolute Gasteiger partial charge is 0.257 e. The average Bonchev–Trinajstić information content (AvgIpc) is 2.71. The average molecular weight is 403 g/mol. The van der Waals surface area contributed by atoms with Crippen LogP contribution >= 0.6 is 11.6 Å². The molecule has 2 aromatic carbocycles. The molecule has 3 N–H and O–H groups in total. The number of halogens is 1. The third kappa shape index (κ3) is 7.48. The minimum atomic E-state index is -0.130. The molecule has 2 rings (SSSR count). The van der Waals surface area contributed by atoms with E-state index < -0.39 is 0 Å². The van der Waals surface area contributed by atoms with Crippen molar-refractivity contribution in [2.75, 3.05) is 26.7 Å².